The van der Waals surface area contributed by atoms with Crippen LogP contribution in [0.3, 0.4) is 0 Å². The molecule has 0 radical (unpaired) electrons. The first kappa shape index (κ1) is 23.8. The molecule has 0 saturated heterocycles. The highest BCUT2D eigenvalue weighted by Crippen LogP contribution is 2.29. The number of para-hydroxylation sites is 1. The van der Waals surface area contributed by atoms with Gasteiger partial charge in [-0.25, -0.2) is 5.43 Å². The molecule has 0 aliphatic rings. The van der Waals surface area contributed by atoms with Gasteiger partial charge in [-0.15, -0.1) is 10.2 Å². The standard InChI is InChI=1S/C24H19Cl2N5O2S/c1-33-21-5-3-2-4-17(21)14-27-28-22(32)15-34-24-30-29-23(16-6-8-18(25)9-7-16)31(24)20-12-10-19(26)11-13-20/h2-14H,15H2,1H3,(H,28,32)/b27-14-. The summed E-state index contributed by atoms with van der Waals surface area (Å²) >= 11 is 13.3. The van der Waals surface area contributed by atoms with Crippen LogP contribution in [0.4, 0.5) is 0 Å². The zero-order chi connectivity index (χ0) is 23.9. The molecule has 0 aliphatic carbocycles. The predicted octanol–water partition coefficient (Wildman–Crippen LogP) is 5.49. The fourth-order valence-electron chi connectivity index (χ4n) is 3.08. The fourth-order valence-corrected chi connectivity index (χ4v) is 4.08. The molecule has 1 amide bonds. The van der Waals surface area contributed by atoms with Gasteiger partial charge in [0.15, 0.2) is 11.0 Å². The van der Waals surface area contributed by atoms with E-state index in [2.05, 4.69) is 20.7 Å². The molecule has 1 aromatic heterocycles. The van der Waals surface area contributed by atoms with E-state index < -0.39 is 0 Å². The number of carbonyl (C=O) groups excluding carboxylic acids is 1. The Morgan fingerprint density at radius 2 is 1.71 bits per heavy atom. The summed E-state index contributed by atoms with van der Waals surface area (Å²) in [6.07, 6.45) is 1.54. The van der Waals surface area contributed by atoms with Crippen molar-refractivity contribution in [1.82, 2.24) is 20.2 Å². The number of halogens is 2. The van der Waals surface area contributed by atoms with Crippen LogP contribution in [0.25, 0.3) is 17.1 Å². The molecule has 0 fully saturated rings. The Labute approximate surface area is 210 Å². The zero-order valence-corrected chi connectivity index (χ0v) is 20.3. The minimum atomic E-state index is -0.283. The Bertz CT molecular complexity index is 1310. The van der Waals surface area contributed by atoms with Crippen molar-refractivity contribution in [3.63, 3.8) is 0 Å². The van der Waals surface area contributed by atoms with Gasteiger partial charge in [-0.05, 0) is 60.7 Å². The number of hydrogen-bond donors (Lipinski definition) is 1. The summed E-state index contributed by atoms with van der Waals surface area (Å²) in [6.45, 7) is 0. The largest absolute Gasteiger partial charge is 0.496 e. The SMILES string of the molecule is COc1ccccc1/C=N\NC(=O)CSc1nnc(-c2ccc(Cl)cc2)n1-c1ccc(Cl)cc1. The third kappa shape index (κ3) is 5.77. The van der Waals surface area contributed by atoms with Gasteiger partial charge in [0.2, 0.25) is 0 Å². The third-order valence-electron chi connectivity index (χ3n) is 4.68. The lowest BCUT2D eigenvalue weighted by Crippen LogP contribution is -2.20. The van der Waals surface area contributed by atoms with Gasteiger partial charge in [-0.3, -0.25) is 9.36 Å². The molecule has 1 N–H and O–H groups in total. The van der Waals surface area contributed by atoms with E-state index in [0.717, 1.165) is 16.8 Å². The van der Waals surface area contributed by atoms with Gasteiger partial charge in [0.05, 0.1) is 19.1 Å². The van der Waals surface area contributed by atoms with Gasteiger partial charge in [-0.2, -0.15) is 5.10 Å². The second-order valence-electron chi connectivity index (χ2n) is 6.95. The van der Waals surface area contributed by atoms with E-state index in [1.165, 1.54) is 18.0 Å². The predicted molar refractivity (Wildman–Crippen MR) is 136 cm³/mol. The van der Waals surface area contributed by atoms with Crippen LogP contribution in [0.15, 0.2) is 83.1 Å². The van der Waals surface area contributed by atoms with Crippen LogP contribution in [-0.2, 0) is 4.79 Å². The van der Waals surface area contributed by atoms with Crippen molar-refractivity contribution in [2.75, 3.05) is 12.9 Å². The first-order valence-electron chi connectivity index (χ1n) is 10.1. The molecule has 0 bridgehead atoms. The first-order valence-corrected chi connectivity index (χ1v) is 11.8. The number of benzene rings is 3. The van der Waals surface area contributed by atoms with Crippen LogP contribution in [0, 0.1) is 0 Å². The second kappa shape index (κ2) is 11.2. The number of ether oxygens (including phenoxy) is 1. The molecule has 1 heterocycles. The highest BCUT2D eigenvalue weighted by Gasteiger charge is 2.17. The third-order valence-corrected chi connectivity index (χ3v) is 6.12. The van der Waals surface area contributed by atoms with Crippen LogP contribution in [0.1, 0.15) is 5.56 Å². The number of hydrogen-bond acceptors (Lipinski definition) is 6. The maximum atomic E-state index is 12.4. The topological polar surface area (TPSA) is 81.4 Å². The quantitative estimate of drug-likeness (QED) is 0.192. The molecule has 3 aromatic carbocycles. The second-order valence-corrected chi connectivity index (χ2v) is 8.76. The smallest absolute Gasteiger partial charge is 0.250 e. The summed E-state index contributed by atoms with van der Waals surface area (Å²) in [5, 5.41) is 14.5. The van der Waals surface area contributed by atoms with Crippen LogP contribution in [0.5, 0.6) is 5.75 Å². The van der Waals surface area contributed by atoms with E-state index in [-0.39, 0.29) is 11.7 Å². The van der Waals surface area contributed by atoms with Gasteiger partial charge in [0, 0.05) is 26.9 Å². The minimum absolute atomic E-state index is 0.0929. The first-order chi connectivity index (χ1) is 16.5. The van der Waals surface area contributed by atoms with E-state index in [0.29, 0.717) is 26.8 Å². The molecule has 4 aromatic rings. The minimum Gasteiger partial charge on any atom is -0.496 e. The van der Waals surface area contributed by atoms with E-state index in [1.54, 1.807) is 31.4 Å². The van der Waals surface area contributed by atoms with Gasteiger partial charge >= 0.3 is 0 Å². The Hall–Kier alpha value is -3.33. The van der Waals surface area contributed by atoms with Crippen LogP contribution in [0.2, 0.25) is 10.0 Å². The summed E-state index contributed by atoms with van der Waals surface area (Å²) in [5.41, 5.74) is 4.94. The lowest BCUT2D eigenvalue weighted by atomic mass is 10.2. The number of thioether (sulfide) groups is 1. The van der Waals surface area contributed by atoms with Crippen molar-refractivity contribution in [1.29, 1.82) is 0 Å². The summed E-state index contributed by atoms with van der Waals surface area (Å²) in [5.74, 6) is 1.10. The molecule has 7 nitrogen and oxygen atoms in total. The molecular weight excluding hydrogens is 493 g/mol. The summed E-state index contributed by atoms with van der Waals surface area (Å²) in [4.78, 5) is 12.4. The Kier molecular flexibility index (Phi) is 7.84. The van der Waals surface area contributed by atoms with E-state index in [9.17, 15) is 4.79 Å². The number of hydrazone groups is 1. The van der Waals surface area contributed by atoms with E-state index in [4.69, 9.17) is 27.9 Å². The van der Waals surface area contributed by atoms with Gasteiger partial charge < -0.3 is 4.74 Å². The average Bonchev–Trinajstić information content (AvgIpc) is 3.28. The molecular formula is C24H19Cl2N5O2S. The van der Waals surface area contributed by atoms with Crippen LogP contribution < -0.4 is 10.2 Å². The maximum absolute atomic E-state index is 12.4. The normalized spacial score (nSPS) is 11.0. The van der Waals surface area contributed by atoms with Gasteiger partial charge in [-0.1, -0.05) is 47.1 Å². The number of carbonyl (C=O) groups is 1. The number of nitrogens with one attached hydrogen (secondary N) is 1. The van der Waals surface area contributed by atoms with Crippen LogP contribution >= 0.6 is 35.0 Å². The lowest BCUT2D eigenvalue weighted by molar-refractivity contribution is -0.118. The zero-order valence-electron chi connectivity index (χ0n) is 18.0. The fraction of sp³-hybridized carbons (Fsp3) is 0.0833. The van der Waals surface area contributed by atoms with Crippen molar-refractivity contribution in [3.05, 3.63) is 88.4 Å². The number of rotatable bonds is 8. The monoisotopic (exact) mass is 511 g/mol. The molecule has 172 valence electrons. The van der Waals surface area contributed by atoms with Crippen LogP contribution in [-0.4, -0.2) is 39.7 Å². The average molecular weight is 512 g/mol. The molecule has 4 rings (SSSR count). The summed E-state index contributed by atoms with van der Waals surface area (Å²) in [7, 11) is 1.58. The van der Waals surface area contributed by atoms with Gasteiger partial charge in [0.1, 0.15) is 5.75 Å². The van der Waals surface area contributed by atoms with Crippen molar-refractivity contribution in [2.45, 2.75) is 5.16 Å². The summed E-state index contributed by atoms with van der Waals surface area (Å²) < 4.78 is 7.15. The number of methoxy groups -OCH3 is 1. The van der Waals surface area contributed by atoms with Crippen molar-refractivity contribution >= 4 is 47.1 Å². The highest BCUT2D eigenvalue weighted by molar-refractivity contribution is 7.99. The number of aromatic nitrogens is 3. The lowest BCUT2D eigenvalue weighted by Gasteiger charge is -2.10. The molecule has 0 aliphatic heterocycles. The van der Waals surface area contributed by atoms with Crippen molar-refractivity contribution in [2.24, 2.45) is 5.10 Å². The van der Waals surface area contributed by atoms with E-state index in [1.807, 2.05) is 53.1 Å². The molecule has 0 unspecified atom stereocenters. The molecule has 34 heavy (non-hydrogen) atoms. The van der Waals surface area contributed by atoms with Crippen molar-refractivity contribution < 1.29 is 9.53 Å². The van der Waals surface area contributed by atoms with E-state index >= 15 is 0 Å². The summed E-state index contributed by atoms with van der Waals surface area (Å²) in [6, 6.07) is 22.0. The Morgan fingerprint density at radius 1 is 1.03 bits per heavy atom. The Balaban J connectivity index is 1.51. The molecule has 0 saturated carbocycles. The molecule has 10 heteroatoms. The Morgan fingerprint density at radius 3 is 2.41 bits per heavy atom. The molecule has 0 spiro atoms. The highest BCUT2D eigenvalue weighted by atomic mass is 35.5. The number of amides is 1. The van der Waals surface area contributed by atoms with Crippen molar-refractivity contribution in [3.8, 4) is 22.8 Å². The molecule has 0 atom stereocenters. The number of nitrogens with zero attached hydrogens (tertiary/aromatic N) is 4. The van der Waals surface area contributed by atoms with Gasteiger partial charge in [0.25, 0.3) is 5.91 Å². The maximum Gasteiger partial charge on any atom is 0.250 e.